The van der Waals surface area contributed by atoms with Gasteiger partial charge in [0.25, 0.3) is 10.0 Å². The zero-order valence-corrected chi connectivity index (χ0v) is 16.1. The van der Waals surface area contributed by atoms with Crippen molar-refractivity contribution in [2.75, 3.05) is 4.72 Å². The fourth-order valence-electron chi connectivity index (χ4n) is 2.20. The van der Waals surface area contributed by atoms with Crippen molar-refractivity contribution < 1.29 is 23.1 Å². The van der Waals surface area contributed by atoms with E-state index in [2.05, 4.69) is 4.72 Å². The molecule has 0 spiro atoms. The minimum Gasteiger partial charge on any atom is -0.507 e. The first-order valence-corrected chi connectivity index (χ1v) is 10.4. The van der Waals surface area contributed by atoms with E-state index in [0.717, 1.165) is 23.0 Å². The SMILES string of the molecule is O=C(OCc1ccc(Cl)cc1)c1ccc(NS(=O)(=O)c2cccs2)cc1O. The molecule has 9 heteroatoms. The van der Waals surface area contributed by atoms with Gasteiger partial charge < -0.3 is 9.84 Å². The molecule has 0 saturated heterocycles. The minimum atomic E-state index is -3.74. The lowest BCUT2D eigenvalue weighted by atomic mass is 10.2. The van der Waals surface area contributed by atoms with Gasteiger partial charge in [-0.25, -0.2) is 13.2 Å². The Morgan fingerprint density at radius 2 is 1.89 bits per heavy atom. The van der Waals surface area contributed by atoms with E-state index in [-0.39, 0.29) is 27.8 Å². The van der Waals surface area contributed by atoms with E-state index in [1.807, 2.05) is 0 Å². The highest BCUT2D eigenvalue weighted by Crippen LogP contribution is 2.26. The van der Waals surface area contributed by atoms with Crippen LogP contribution < -0.4 is 4.72 Å². The molecule has 0 unspecified atom stereocenters. The van der Waals surface area contributed by atoms with Crippen molar-refractivity contribution in [3.63, 3.8) is 0 Å². The first-order valence-electron chi connectivity index (χ1n) is 7.66. The number of hydrogen-bond donors (Lipinski definition) is 2. The number of ether oxygens (including phenoxy) is 1. The van der Waals surface area contributed by atoms with E-state index in [9.17, 15) is 18.3 Å². The van der Waals surface area contributed by atoms with Gasteiger partial charge in [0.2, 0.25) is 0 Å². The number of thiophene rings is 1. The lowest BCUT2D eigenvalue weighted by molar-refractivity contribution is 0.0469. The summed E-state index contributed by atoms with van der Waals surface area (Å²) in [6.07, 6.45) is 0. The van der Waals surface area contributed by atoms with E-state index in [4.69, 9.17) is 16.3 Å². The van der Waals surface area contributed by atoms with Gasteiger partial charge >= 0.3 is 5.97 Å². The number of anilines is 1. The molecular weight excluding hydrogens is 410 g/mol. The van der Waals surface area contributed by atoms with Crippen LogP contribution >= 0.6 is 22.9 Å². The lowest BCUT2D eigenvalue weighted by Gasteiger charge is -2.10. The maximum Gasteiger partial charge on any atom is 0.342 e. The molecule has 0 aliphatic rings. The highest BCUT2D eigenvalue weighted by atomic mass is 35.5. The maximum atomic E-state index is 12.2. The van der Waals surface area contributed by atoms with Crippen molar-refractivity contribution in [3.05, 3.63) is 76.1 Å². The Morgan fingerprint density at radius 1 is 1.15 bits per heavy atom. The number of rotatable bonds is 6. The quantitative estimate of drug-likeness (QED) is 0.578. The van der Waals surface area contributed by atoms with Crippen LogP contribution in [0.5, 0.6) is 5.75 Å². The summed E-state index contributed by atoms with van der Waals surface area (Å²) in [5.74, 6) is -1.11. The number of carbonyl (C=O) groups excluding carboxylic acids is 1. The van der Waals surface area contributed by atoms with Crippen LogP contribution in [0.25, 0.3) is 0 Å². The average Bonchev–Trinajstić information content (AvgIpc) is 3.16. The normalized spacial score (nSPS) is 11.1. The Labute approximate surface area is 165 Å². The van der Waals surface area contributed by atoms with E-state index in [1.54, 1.807) is 35.7 Å². The van der Waals surface area contributed by atoms with E-state index < -0.39 is 16.0 Å². The second-order valence-corrected chi connectivity index (χ2v) is 8.77. The number of benzene rings is 2. The van der Waals surface area contributed by atoms with Gasteiger partial charge in [0.05, 0.1) is 5.69 Å². The molecule has 3 rings (SSSR count). The molecule has 27 heavy (non-hydrogen) atoms. The molecule has 0 bridgehead atoms. The highest BCUT2D eigenvalue weighted by Gasteiger charge is 2.18. The number of nitrogens with one attached hydrogen (secondary N) is 1. The van der Waals surface area contributed by atoms with Crippen LogP contribution in [0.15, 0.2) is 64.2 Å². The Bertz CT molecular complexity index is 1050. The van der Waals surface area contributed by atoms with Crippen LogP contribution in [0.2, 0.25) is 5.02 Å². The van der Waals surface area contributed by atoms with Gasteiger partial charge in [0.1, 0.15) is 22.1 Å². The zero-order valence-electron chi connectivity index (χ0n) is 13.8. The molecule has 2 N–H and O–H groups in total. The standard InChI is InChI=1S/C18H14ClNO5S2/c19-13-5-3-12(4-6-13)11-25-18(22)15-8-7-14(10-16(15)21)20-27(23,24)17-2-1-9-26-17/h1-10,20-21H,11H2. The van der Waals surface area contributed by atoms with Crippen LogP contribution in [-0.2, 0) is 21.4 Å². The predicted molar refractivity (Wildman–Crippen MR) is 104 cm³/mol. The number of aromatic hydroxyl groups is 1. The molecule has 0 aliphatic heterocycles. The van der Waals surface area contributed by atoms with E-state index >= 15 is 0 Å². The van der Waals surface area contributed by atoms with Gasteiger partial charge in [-0.3, -0.25) is 4.72 Å². The summed E-state index contributed by atoms with van der Waals surface area (Å²) in [4.78, 5) is 12.1. The number of phenolic OH excluding ortho intramolecular Hbond substituents is 1. The molecule has 0 fully saturated rings. The molecule has 3 aromatic rings. The summed E-state index contributed by atoms with van der Waals surface area (Å²) in [7, 11) is -3.74. The maximum absolute atomic E-state index is 12.2. The number of carbonyl (C=O) groups is 1. The molecule has 140 valence electrons. The topological polar surface area (TPSA) is 92.7 Å². The van der Waals surface area contributed by atoms with Gasteiger partial charge in [-0.2, -0.15) is 0 Å². The Hall–Kier alpha value is -2.55. The lowest BCUT2D eigenvalue weighted by Crippen LogP contribution is -2.12. The van der Waals surface area contributed by atoms with Gasteiger partial charge in [-0.1, -0.05) is 29.8 Å². The molecule has 1 aromatic heterocycles. The molecule has 0 aliphatic carbocycles. The number of esters is 1. The minimum absolute atomic E-state index is 0.0161. The van der Waals surface area contributed by atoms with Gasteiger partial charge in [0, 0.05) is 11.1 Å². The molecule has 0 atom stereocenters. The van der Waals surface area contributed by atoms with Gasteiger partial charge in [-0.05, 0) is 41.3 Å². The van der Waals surface area contributed by atoms with Crippen molar-refractivity contribution in [2.24, 2.45) is 0 Å². The number of halogens is 1. The smallest absolute Gasteiger partial charge is 0.342 e. The second-order valence-electron chi connectivity index (χ2n) is 5.47. The van der Waals surface area contributed by atoms with Crippen LogP contribution in [-0.4, -0.2) is 19.5 Å². The molecule has 0 saturated carbocycles. The van der Waals surface area contributed by atoms with E-state index in [0.29, 0.717) is 5.02 Å². The molecule has 1 heterocycles. The third-order valence-corrected chi connectivity index (χ3v) is 6.54. The largest absolute Gasteiger partial charge is 0.507 e. The van der Waals surface area contributed by atoms with Gasteiger partial charge in [0.15, 0.2) is 0 Å². The molecule has 2 aromatic carbocycles. The zero-order chi connectivity index (χ0) is 19.4. The van der Waals surface area contributed by atoms with Crippen LogP contribution in [0.4, 0.5) is 5.69 Å². The number of sulfonamides is 1. The third-order valence-electron chi connectivity index (χ3n) is 3.51. The summed E-state index contributed by atoms with van der Waals surface area (Å²) in [6, 6.07) is 13.7. The van der Waals surface area contributed by atoms with Crippen molar-refractivity contribution in [3.8, 4) is 5.75 Å². The Morgan fingerprint density at radius 3 is 2.52 bits per heavy atom. The Kier molecular flexibility index (Phi) is 5.69. The first-order chi connectivity index (χ1) is 12.8. The van der Waals surface area contributed by atoms with Crippen LogP contribution in [0.1, 0.15) is 15.9 Å². The second kappa shape index (κ2) is 7.99. The molecule has 0 amide bonds. The van der Waals surface area contributed by atoms with Crippen molar-refractivity contribution >= 4 is 44.6 Å². The summed E-state index contributed by atoms with van der Waals surface area (Å²) < 4.78 is 32.0. The molecular formula is C18H14ClNO5S2. The number of hydrogen-bond acceptors (Lipinski definition) is 6. The fraction of sp³-hybridized carbons (Fsp3) is 0.0556. The van der Waals surface area contributed by atoms with E-state index in [1.165, 1.54) is 18.2 Å². The van der Waals surface area contributed by atoms with Crippen molar-refractivity contribution in [1.29, 1.82) is 0 Å². The first kappa shape index (κ1) is 19.2. The monoisotopic (exact) mass is 423 g/mol. The molecule has 6 nitrogen and oxygen atoms in total. The van der Waals surface area contributed by atoms with Crippen LogP contribution in [0, 0.1) is 0 Å². The van der Waals surface area contributed by atoms with Crippen LogP contribution in [0.3, 0.4) is 0 Å². The molecule has 0 radical (unpaired) electrons. The Balaban J connectivity index is 1.69. The third kappa shape index (κ3) is 4.79. The summed E-state index contributed by atoms with van der Waals surface area (Å²) >= 11 is 6.87. The summed E-state index contributed by atoms with van der Waals surface area (Å²) in [6.45, 7) is 0.0161. The number of phenols is 1. The van der Waals surface area contributed by atoms with Gasteiger partial charge in [-0.15, -0.1) is 11.3 Å². The summed E-state index contributed by atoms with van der Waals surface area (Å²) in [5.41, 5.74) is 0.811. The summed E-state index contributed by atoms with van der Waals surface area (Å²) in [5, 5.41) is 12.3. The fourth-order valence-corrected chi connectivity index (χ4v) is 4.37. The van der Waals surface area contributed by atoms with Crippen molar-refractivity contribution in [1.82, 2.24) is 0 Å². The average molecular weight is 424 g/mol. The van der Waals surface area contributed by atoms with Crippen molar-refractivity contribution in [2.45, 2.75) is 10.8 Å². The highest BCUT2D eigenvalue weighted by molar-refractivity contribution is 7.94. The predicted octanol–water partition coefficient (Wildman–Crippen LogP) is 4.26.